The summed E-state index contributed by atoms with van der Waals surface area (Å²) in [4.78, 5) is 12.7. The van der Waals surface area contributed by atoms with Crippen molar-refractivity contribution >= 4 is 12.0 Å². The summed E-state index contributed by atoms with van der Waals surface area (Å²) < 4.78 is 10.2. The van der Waals surface area contributed by atoms with Gasteiger partial charge in [-0.15, -0.1) is 0 Å². The summed E-state index contributed by atoms with van der Waals surface area (Å²) in [6.45, 7) is 1.23. The van der Waals surface area contributed by atoms with E-state index in [4.69, 9.17) is 9.47 Å². The summed E-state index contributed by atoms with van der Waals surface area (Å²) in [6, 6.07) is 7.50. The fraction of sp³-hybridized carbons (Fsp3) is 0.357. The number of methoxy groups -OCH3 is 1. The molecule has 98 valence electrons. The Balaban J connectivity index is 2.50. The highest BCUT2D eigenvalue weighted by Gasteiger charge is 2.01. The van der Waals surface area contributed by atoms with Crippen molar-refractivity contribution in [1.29, 1.82) is 0 Å². The van der Waals surface area contributed by atoms with Gasteiger partial charge in [-0.05, 0) is 12.1 Å². The Morgan fingerprint density at radius 1 is 1.33 bits per heavy atom. The third-order valence-electron chi connectivity index (χ3n) is 2.38. The molecular formula is C14H20NO3+. The van der Waals surface area contributed by atoms with E-state index >= 15 is 0 Å². The second-order valence-corrected chi connectivity index (χ2v) is 4.20. The van der Waals surface area contributed by atoms with Crippen molar-refractivity contribution in [3.63, 3.8) is 0 Å². The van der Waals surface area contributed by atoms with Crippen LogP contribution in [0.2, 0.25) is 0 Å². The number of esters is 1. The number of nitrogens with one attached hydrogen (secondary N) is 1. The predicted octanol–water partition coefficient (Wildman–Crippen LogP) is 0.396. The second kappa shape index (κ2) is 7.50. The van der Waals surface area contributed by atoms with E-state index in [1.54, 1.807) is 13.2 Å². The molecule has 1 aromatic carbocycles. The molecule has 1 rings (SSSR count). The highest BCUT2D eigenvalue weighted by Crippen LogP contribution is 2.18. The van der Waals surface area contributed by atoms with E-state index < -0.39 is 0 Å². The first kappa shape index (κ1) is 14.3. The molecule has 0 atom stereocenters. The van der Waals surface area contributed by atoms with E-state index in [1.165, 1.54) is 11.0 Å². The SMILES string of the molecule is COc1ccccc1C=CC(=O)OCC[NH+](C)C. The van der Waals surface area contributed by atoms with Gasteiger partial charge in [-0.25, -0.2) is 4.79 Å². The lowest BCUT2D eigenvalue weighted by Crippen LogP contribution is -3.06. The van der Waals surface area contributed by atoms with Gasteiger partial charge in [0.2, 0.25) is 0 Å². The maximum absolute atomic E-state index is 11.4. The van der Waals surface area contributed by atoms with Gasteiger partial charge in [-0.1, -0.05) is 18.2 Å². The Bertz CT molecular complexity index is 413. The Kier molecular flexibility index (Phi) is 5.94. The van der Waals surface area contributed by atoms with Crippen molar-refractivity contribution in [2.45, 2.75) is 0 Å². The minimum Gasteiger partial charge on any atom is -0.496 e. The van der Waals surface area contributed by atoms with Crippen molar-refractivity contribution < 1.29 is 19.2 Å². The van der Waals surface area contributed by atoms with Gasteiger partial charge in [-0.2, -0.15) is 0 Å². The van der Waals surface area contributed by atoms with Crippen molar-refractivity contribution in [2.75, 3.05) is 34.4 Å². The first-order valence-electron chi connectivity index (χ1n) is 5.90. The number of carbonyl (C=O) groups is 1. The lowest BCUT2D eigenvalue weighted by atomic mass is 10.2. The molecule has 18 heavy (non-hydrogen) atoms. The Morgan fingerprint density at radius 2 is 2.06 bits per heavy atom. The number of rotatable bonds is 6. The van der Waals surface area contributed by atoms with Crippen molar-refractivity contribution in [2.24, 2.45) is 0 Å². The van der Waals surface area contributed by atoms with Crippen LogP contribution in [0.15, 0.2) is 30.3 Å². The summed E-state index contributed by atoms with van der Waals surface area (Å²) in [5.74, 6) is 0.404. The third kappa shape index (κ3) is 5.01. The van der Waals surface area contributed by atoms with E-state index in [9.17, 15) is 4.79 Å². The van der Waals surface area contributed by atoms with Crippen LogP contribution in [-0.4, -0.2) is 40.3 Å². The second-order valence-electron chi connectivity index (χ2n) is 4.20. The molecule has 0 bridgehead atoms. The van der Waals surface area contributed by atoms with E-state index in [0.29, 0.717) is 6.61 Å². The van der Waals surface area contributed by atoms with Crippen molar-refractivity contribution in [1.82, 2.24) is 0 Å². The van der Waals surface area contributed by atoms with Gasteiger partial charge in [0.1, 0.15) is 18.9 Å². The number of ether oxygens (including phenoxy) is 2. The zero-order valence-corrected chi connectivity index (χ0v) is 11.1. The number of benzene rings is 1. The Labute approximate surface area is 108 Å². The van der Waals surface area contributed by atoms with Gasteiger partial charge in [0, 0.05) is 11.6 Å². The van der Waals surface area contributed by atoms with Crippen molar-refractivity contribution in [3.05, 3.63) is 35.9 Å². The monoisotopic (exact) mass is 250 g/mol. The fourth-order valence-corrected chi connectivity index (χ4v) is 1.37. The van der Waals surface area contributed by atoms with Crippen LogP contribution in [0.5, 0.6) is 5.75 Å². The van der Waals surface area contributed by atoms with Gasteiger partial charge < -0.3 is 14.4 Å². The molecule has 0 saturated carbocycles. The van der Waals surface area contributed by atoms with Crippen LogP contribution in [0.1, 0.15) is 5.56 Å². The number of hydrogen-bond donors (Lipinski definition) is 1. The number of quaternary nitrogens is 1. The first-order valence-corrected chi connectivity index (χ1v) is 5.90. The summed E-state index contributed by atoms with van der Waals surface area (Å²) in [7, 11) is 5.63. The topological polar surface area (TPSA) is 40.0 Å². The van der Waals surface area contributed by atoms with Crippen molar-refractivity contribution in [3.8, 4) is 5.75 Å². The van der Waals surface area contributed by atoms with Gasteiger partial charge in [0.25, 0.3) is 0 Å². The average Bonchev–Trinajstić information content (AvgIpc) is 2.36. The molecule has 0 amide bonds. The molecule has 4 nitrogen and oxygen atoms in total. The largest absolute Gasteiger partial charge is 0.496 e. The zero-order valence-electron chi connectivity index (χ0n) is 11.1. The van der Waals surface area contributed by atoms with Crippen LogP contribution in [-0.2, 0) is 9.53 Å². The average molecular weight is 250 g/mol. The third-order valence-corrected chi connectivity index (χ3v) is 2.38. The predicted molar refractivity (Wildman–Crippen MR) is 70.7 cm³/mol. The zero-order chi connectivity index (χ0) is 13.4. The minimum atomic E-state index is -0.331. The molecule has 0 fully saturated rings. The van der Waals surface area contributed by atoms with Gasteiger partial charge in [-0.3, -0.25) is 0 Å². The molecule has 0 unspecified atom stereocenters. The fourth-order valence-electron chi connectivity index (χ4n) is 1.37. The number of para-hydroxylation sites is 1. The highest BCUT2D eigenvalue weighted by molar-refractivity contribution is 5.87. The van der Waals surface area contributed by atoms with Crippen LogP contribution in [0, 0.1) is 0 Å². The maximum atomic E-state index is 11.4. The van der Waals surface area contributed by atoms with Crippen LogP contribution < -0.4 is 9.64 Å². The molecule has 4 heteroatoms. The number of carbonyl (C=O) groups excluding carboxylic acids is 1. The molecule has 0 aliphatic carbocycles. The highest BCUT2D eigenvalue weighted by atomic mass is 16.5. The summed E-state index contributed by atoms with van der Waals surface area (Å²) in [5.41, 5.74) is 0.857. The lowest BCUT2D eigenvalue weighted by molar-refractivity contribution is -0.858. The molecule has 0 aromatic heterocycles. The molecule has 0 aliphatic heterocycles. The Hall–Kier alpha value is -1.81. The summed E-state index contributed by atoms with van der Waals surface area (Å²) in [6.07, 6.45) is 3.12. The number of hydrogen-bond acceptors (Lipinski definition) is 3. The van der Waals surface area contributed by atoms with Gasteiger partial charge in [0.15, 0.2) is 0 Å². The molecular weight excluding hydrogens is 230 g/mol. The maximum Gasteiger partial charge on any atom is 0.330 e. The molecule has 1 aromatic rings. The summed E-state index contributed by atoms with van der Waals surface area (Å²) in [5, 5.41) is 0. The van der Waals surface area contributed by atoms with Crippen LogP contribution >= 0.6 is 0 Å². The molecule has 0 aliphatic rings. The molecule has 1 N–H and O–H groups in total. The van der Waals surface area contributed by atoms with Crippen LogP contribution in [0.4, 0.5) is 0 Å². The summed E-state index contributed by atoms with van der Waals surface area (Å²) >= 11 is 0. The van der Waals surface area contributed by atoms with E-state index in [0.717, 1.165) is 17.9 Å². The molecule has 0 heterocycles. The lowest BCUT2D eigenvalue weighted by Gasteiger charge is -2.06. The van der Waals surface area contributed by atoms with E-state index in [-0.39, 0.29) is 5.97 Å². The smallest absolute Gasteiger partial charge is 0.330 e. The minimum absolute atomic E-state index is 0.331. The van der Waals surface area contributed by atoms with Crippen LogP contribution in [0.3, 0.4) is 0 Å². The van der Waals surface area contributed by atoms with E-state index in [1.807, 2.05) is 38.4 Å². The first-order chi connectivity index (χ1) is 8.63. The normalized spacial score (nSPS) is 10.9. The quantitative estimate of drug-likeness (QED) is 0.587. The molecule has 0 spiro atoms. The van der Waals surface area contributed by atoms with Crippen LogP contribution in [0.25, 0.3) is 6.08 Å². The Morgan fingerprint density at radius 3 is 2.72 bits per heavy atom. The standard InChI is InChI=1S/C14H19NO3/c1-15(2)10-11-18-14(16)9-8-12-6-4-5-7-13(12)17-3/h4-9H,10-11H2,1-3H3/p+1. The van der Waals surface area contributed by atoms with Gasteiger partial charge in [0.05, 0.1) is 21.2 Å². The molecule has 0 radical (unpaired) electrons. The van der Waals surface area contributed by atoms with Gasteiger partial charge >= 0.3 is 5.97 Å². The number of likely N-dealkylation sites (N-methyl/N-ethyl adjacent to an activating group) is 1. The molecule has 0 saturated heterocycles. The van der Waals surface area contributed by atoms with E-state index in [2.05, 4.69) is 0 Å².